The number of furan rings is 1. The quantitative estimate of drug-likeness (QED) is 0.283. The van der Waals surface area contributed by atoms with Gasteiger partial charge in [0.2, 0.25) is 0 Å². The van der Waals surface area contributed by atoms with Gasteiger partial charge >= 0.3 is 0 Å². The molecule has 0 aliphatic carbocycles. The first-order chi connectivity index (χ1) is 14.0. The van der Waals surface area contributed by atoms with Crippen molar-refractivity contribution in [3.63, 3.8) is 0 Å². The first kappa shape index (κ1) is 21.0. The van der Waals surface area contributed by atoms with Crippen LogP contribution in [0.4, 0.5) is 5.69 Å². The van der Waals surface area contributed by atoms with E-state index in [0.717, 1.165) is 0 Å². The summed E-state index contributed by atoms with van der Waals surface area (Å²) in [6.07, 6.45) is 1.38. The minimum Gasteiger partial charge on any atom is -0.495 e. The summed E-state index contributed by atoms with van der Waals surface area (Å²) < 4.78 is 10.9. The summed E-state index contributed by atoms with van der Waals surface area (Å²) in [5.74, 6) is 1.25. The molecule has 0 aliphatic heterocycles. The predicted octanol–water partition coefficient (Wildman–Crippen LogP) is 5.48. The highest BCUT2D eigenvalue weighted by atomic mass is 35.5. The highest BCUT2D eigenvalue weighted by Gasteiger charge is 2.11. The molecule has 0 atom stereocenters. The summed E-state index contributed by atoms with van der Waals surface area (Å²) in [6.45, 7) is 0.0278. The second-order valence-corrected chi connectivity index (χ2v) is 7.02. The van der Waals surface area contributed by atoms with Crippen molar-refractivity contribution in [2.75, 3.05) is 19.0 Å². The number of ether oxygens (including phenoxy) is 1. The van der Waals surface area contributed by atoms with Gasteiger partial charge in [0.25, 0.3) is 5.91 Å². The fourth-order valence-corrected chi connectivity index (χ4v) is 3.09. The Kier molecular flexibility index (Phi) is 7.04. The number of amides is 1. The Morgan fingerprint density at radius 2 is 1.86 bits per heavy atom. The van der Waals surface area contributed by atoms with E-state index in [0.29, 0.717) is 43.6 Å². The molecule has 2 N–H and O–H groups in total. The molecular formula is C20H16Cl3N3O3. The molecular weight excluding hydrogens is 437 g/mol. The molecule has 0 bridgehead atoms. The van der Waals surface area contributed by atoms with E-state index >= 15 is 0 Å². The molecule has 6 nitrogen and oxygen atoms in total. The van der Waals surface area contributed by atoms with Gasteiger partial charge in [-0.2, -0.15) is 5.10 Å². The van der Waals surface area contributed by atoms with Gasteiger partial charge in [0.15, 0.2) is 0 Å². The maximum Gasteiger partial charge on any atom is 0.259 e. The van der Waals surface area contributed by atoms with E-state index in [1.807, 2.05) is 18.2 Å². The highest BCUT2D eigenvalue weighted by Crippen LogP contribution is 2.35. The van der Waals surface area contributed by atoms with Crippen molar-refractivity contribution in [1.82, 2.24) is 5.43 Å². The van der Waals surface area contributed by atoms with Crippen LogP contribution >= 0.6 is 34.8 Å². The number of para-hydroxylation sites is 2. The lowest BCUT2D eigenvalue weighted by Crippen LogP contribution is -2.26. The number of benzene rings is 2. The summed E-state index contributed by atoms with van der Waals surface area (Å²) in [6, 6.07) is 13.9. The van der Waals surface area contributed by atoms with Crippen LogP contribution in [0.3, 0.4) is 0 Å². The van der Waals surface area contributed by atoms with Crippen LogP contribution in [0.15, 0.2) is 58.0 Å². The summed E-state index contributed by atoms with van der Waals surface area (Å²) in [7, 11) is 1.56. The summed E-state index contributed by atoms with van der Waals surface area (Å²) >= 11 is 18.2. The molecule has 29 heavy (non-hydrogen) atoms. The maximum atomic E-state index is 11.9. The van der Waals surface area contributed by atoms with Gasteiger partial charge in [-0.1, -0.05) is 46.9 Å². The summed E-state index contributed by atoms with van der Waals surface area (Å²) in [5, 5.41) is 8.01. The van der Waals surface area contributed by atoms with Crippen molar-refractivity contribution >= 4 is 52.6 Å². The van der Waals surface area contributed by atoms with E-state index in [1.54, 1.807) is 37.4 Å². The average Bonchev–Trinajstić information content (AvgIpc) is 3.18. The third-order valence-corrected chi connectivity index (χ3v) is 4.86. The zero-order valence-corrected chi connectivity index (χ0v) is 17.5. The van der Waals surface area contributed by atoms with Gasteiger partial charge in [0.1, 0.15) is 17.3 Å². The van der Waals surface area contributed by atoms with Gasteiger partial charge < -0.3 is 14.5 Å². The molecule has 0 radical (unpaired) electrons. The third kappa shape index (κ3) is 5.44. The molecule has 2 aromatic carbocycles. The first-order valence-corrected chi connectivity index (χ1v) is 9.55. The van der Waals surface area contributed by atoms with Gasteiger partial charge in [-0.3, -0.25) is 4.79 Å². The second kappa shape index (κ2) is 9.69. The molecule has 1 amide bonds. The van der Waals surface area contributed by atoms with Gasteiger partial charge in [0.05, 0.1) is 40.6 Å². The van der Waals surface area contributed by atoms with Gasteiger partial charge in [0, 0.05) is 5.56 Å². The number of hydrogen-bond acceptors (Lipinski definition) is 5. The van der Waals surface area contributed by atoms with E-state index in [2.05, 4.69) is 15.8 Å². The predicted molar refractivity (Wildman–Crippen MR) is 116 cm³/mol. The standard InChI is InChI=1S/C20H16Cl3N3O3/c1-28-19-5-3-2-4-17(19)24-11-20(27)26-25-10-12-6-7-18(29-12)13-8-15(22)16(23)9-14(13)21/h2-10,24H,11H2,1H3,(H,26,27)/b25-10+. The fraction of sp³-hybridized carbons (Fsp3) is 0.100. The molecule has 9 heteroatoms. The Labute approximate surface area is 182 Å². The summed E-state index contributed by atoms with van der Waals surface area (Å²) in [5.41, 5.74) is 3.73. The van der Waals surface area contributed by atoms with Gasteiger partial charge in [-0.25, -0.2) is 5.43 Å². The van der Waals surface area contributed by atoms with Crippen molar-refractivity contribution < 1.29 is 13.9 Å². The zero-order chi connectivity index (χ0) is 20.8. The molecule has 0 fully saturated rings. The molecule has 0 saturated carbocycles. The first-order valence-electron chi connectivity index (χ1n) is 8.41. The molecule has 3 aromatic rings. The lowest BCUT2D eigenvalue weighted by molar-refractivity contribution is -0.119. The third-order valence-electron chi connectivity index (χ3n) is 3.83. The van der Waals surface area contributed by atoms with Crippen LogP contribution in [-0.2, 0) is 4.79 Å². The lowest BCUT2D eigenvalue weighted by Gasteiger charge is -2.09. The number of hydrazone groups is 1. The Morgan fingerprint density at radius 3 is 2.66 bits per heavy atom. The number of halogens is 3. The van der Waals surface area contributed by atoms with E-state index in [1.165, 1.54) is 6.21 Å². The largest absolute Gasteiger partial charge is 0.495 e. The van der Waals surface area contributed by atoms with Crippen molar-refractivity contribution in [1.29, 1.82) is 0 Å². The van der Waals surface area contributed by atoms with Crippen LogP contribution in [0.25, 0.3) is 11.3 Å². The number of anilines is 1. The Morgan fingerprint density at radius 1 is 1.10 bits per heavy atom. The minimum atomic E-state index is -0.327. The second-order valence-electron chi connectivity index (χ2n) is 5.80. The molecule has 150 valence electrons. The van der Waals surface area contributed by atoms with E-state index in [-0.39, 0.29) is 12.5 Å². The monoisotopic (exact) mass is 451 g/mol. The summed E-state index contributed by atoms with van der Waals surface area (Å²) in [4.78, 5) is 11.9. The van der Waals surface area contributed by atoms with E-state index in [4.69, 9.17) is 44.0 Å². The minimum absolute atomic E-state index is 0.0278. The molecule has 1 heterocycles. The van der Waals surface area contributed by atoms with E-state index < -0.39 is 0 Å². The fourth-order valence-electron chi connectivity index (χ4n) is 2.45. The van der Waals surface area contributed by atoms with Crippen LogP contribution in [-0.4, -0.2) is 25.8 Å². The number of nitrogens with zero attached hydrogens (tertiary/aromatic N) is 1. The molecule has 0 saturated heterocycles. The smallest absolute Gasteiger partial charge is 0.259 e. The molecule has 0 aliphatic rings. The van der Waals surface area contributed by atoms with Gasteiger partial charge in [-0.15, -0.1) is 0 Å². The van der Waals surface area contributed by atoms with Crippen LogP contribution in [0.5, 0.6) is 5.75 Å². The molecule has 3 rings (SSSR count). The molecule has 0 unspecified atom stereocenters. The van der Waals surface area contributed by atoms with Crippen molar-refractivity contribution in [3.05, 3.63) is 69.4 Å². The zero-order valence-electron chi connectivity index (χ0n) is 15.2. The number of nitrogens with one attached hydrogen (secondary N) is 2. The van der Waals surface area contributed by atoms with Crippen molar-refractivity contribution in [2.45, 2.75) is 0 Å². The molecule has 1 aromatic heterocycles. The Balaban J connectivity index is 1.57. The van der Waals surface area contributed by atoms with E-state index in [9.17, 15) is 4.79 Å². The number of carbonyl (C=O) groups is 1. The maximum absolute atomic E-state index is 11.9. The van der Waals surface area contributed by atoms with Crippen LogP contribution < -0.4 is 15.5 Å². The number of hydrogen-bond donors (Lipinski definition) is 2. The lowest BCUT2D eigenvalue weighted by atomic mass is 10.2. The Bertz CT molecular complexity index is 1050. The van der Waals surface area contributed by atoms with Crippen LogP contribution in [0, 0.1) is 0 Å². The number of rotatable bonds is 7. The molecule has 0 spiro atoms. The van der Waals surface area contributed by atoms with Gasteiger partial charge in [-0.05, 0) is 36.4 Å². The number of methoxy groups -OCH3 is 1. The Hall–Kier alpha value is -2.67. The van der Waals surface area contributed by atoms with Crippen molar-refractivity contribution in [2.24, 2.45) is 5.10 Å². The normalized spacial score (nSPS) is 10.9. The van der Waals surface area contributed by atoms with Crippen LogP contribution in [0.1, 0.15) is 5.76 Å². The van der Waals surface area contributed by atoms with Crippen LogP contribution in [0.2, 0.25) is 15.1 Å². The number of carbonyl (C=O) groups excluding carboxylic acids is 1. The van der Waals surface area contributed by atoms with Crippen molar-refractivity contribution in [3.8, 4) is 17.1 Å². The topological polar surface area (TPSA) is 75.9 Å². The SMILES string of the molecule is COc1ccccc1NCC(=O)N/N=C/c1ccc(-c2cc(Cl)c(Cl)cc2Cl)o1. The highest BCUT2D eigenvalue weighted by molar-refractivity contribution is 6.44. The average molecular weight is 453 g/mol.